The first-order chi connectivity index (χ1) is 15.9. The van der Waals surface area contributed by atoms with Gasteiger partial charge in [-0.15, -0.1) is 0 Å². The summed E-state index contributed by atoms with van der Waals surface area (Å²) in [6.07, 6.45) is 3.04. The van der Waals surface area contributed by atoms with Crippen molar-refractivity contribution in [3.8, 4) is 22.5 Å². The molecule has 0 bridgehead atoms. The first-order valence-electron chi connectivity index (χ1n) is 11.1. The van der Waals surface area contributed by atoms with Crippen molar-refractivity contribution in [3.63, 3.8) is 0 Å². The predicted octanol–water partition coefficient (Wildman–Crippen LogP) is 5.55. The fourth-order valence-electron chi connectivity index (χ4n) is 4.62. The van der Waals surface area contributed by atoms with Gasteiger partial charge in [-0.3, -0.25) is 9.36 Å². The summed E-state index contributed by atoms with van der Waals surface area (Å²) in [6.45, 7) is 3.89. The van der Waals surface area contributed by atoms with Gasteiger partial charge in [0.2, 0.25) is 5.71 Å². The van der Waals surface area contributed by atoms with Crippen LogP contribution in [-0.2, 0) is 5.54 Å². The molecule has 0 spiro atoms. The quantitative estimate of drug-likeness (QED) is 0.421. The zero-order chi connectivity index (χ0) is 23.2. The van der Waals surface area contributed by atoms with E-state index in [-0.39, 0.29) is 11.6 Å². The molecule has 1 fully saturated rings. The van der Waals surface area contributed by atoms with Crippen molar-refractivity contribution < 1.29 is 14.3 Å². The van der Waals surface area contributed by atoms with E-state index in [2.05, 4.69) is 10.3 Å². The van der Waals surface area contributed by atoms with Crippen molar-refractivity contribution in [1.82, 2.24) is 14.9 Å². The molecule has 0 radical (unpaired) electrons. The largest absolute Gasteiger partial charge is 0.465 e. The third kappa shape index (κ3) is 3.50. The monoisotopic (exact) mass is 443 g/mol. The average molecular weight is 444 g/mol. The number of benzene rings is 2. The lowest BCUT2D eigenvalue weighted by Crippen LogP contribution is -2.50. The summed E-state index contributed by atoms with van der Waals surface area (Å²) >= 11 is 0. The topological polar surface area (TPSA) is 97.4 Å². The summed E-state index contributed by atoms with van der Waals surface area (Å²) in [5.41, 5.74) is 2.95. The van der Waals surface area contributed by atoms with Gasteiger partial charge in [-0.1, -0.05) is 54.6 Å². The number of amides is 1. The van der Waals surface area contributed by atoms with Crippen LogP contribution in [0.15, 0.2) is 70.1 Å². The average Bonchev–Trinajstić information content (AvgIpc) is 3.17. The number of hydrogen-bond acceptors (Lipinski definition) is 4. The molecule has 168 valence electrons. The number of carboxylic acid groups (broad SMARTS) is 1. The standard InChI is InChI=1S/C26H25N3O4/c1-16(2)29-15-27-23-21(24(29)30)20(17-7-4-3-5-8-17)22(33-23)18-9-11-19(12-10-18)26(13-6-14-26)28-25(31)32/h3-5,7-12,15-16,28H,6,13-14H2,1-2H3,(H,31,32). The predicted molar refractivity (Wildman–Crippen MR) is 126 cm³/mol. The number of nitrogens with one attached hydrogen (secondary N) is 1. The van der Waals surface area contributed by atoms with Crippen molar-refractivity contribution in [1.29, 1.82) is 0 Å². The van der Waals surface area contributed by atoms with E-state index < -0.39 is 11.6 Å². The Kier molecular flexibility index (Phi) is 5.04. The number of fused-ring (bicyclic) bond motifs is 1. The van der Waals surface area contributed by atoms with Gasteiger partial charge in [0.05, 0.1) is 5.54 Å². The van der Waals surface area contributed by atoms with Crippen molar-refractivity contribution >= 4 is 17.2 Å². The maximum absolute atomic E-state index is 13.3. The van der Waals surface area contributed by atoms with Crippen LogP contribution in [0.3, 0.4) is 0 Å². The van der Waals surface area contributed by atoms with Crippen molar-refractivity contribution in [3.05, 3.63) is 76.8 Å². The molecule has 1 saturated carbocycles. The number of furan rings is 1. The van der Waals surface area contributed by atoms with E-state index >= 15 is 0 Å². The fraction of sp³-hybridized carbons (Fsp3) is 0.269. The molecular formula is C26H25N3O4. The Morgan fingerprint density at radius 2 is 1.79 bits per heavy atom. The van der Waals surface area contributed by atoms with Gasteiger partial charge < -0.3 is 14.8 Å². The molecule has 0 aliphatic heterocycles. The molecule has 7 nitrogen and oxygen atoms in total. The highest BCUT2D eigenvalue weighted by Gasteiger charge is 2.40. The minimum absolute atomic E-state index is 0.0314. The minimum Gasteiger partial charge on any atom is -0.465 e. The molecule has 33 heavy (non-hydrogen) atoms. The van der Waals surface area contributed by atoms with Crippen LogP contribution in [0.25, 0.3) is 33.6 Å². The first kappa shape index (κ1) is 21.0. The van der Waals surface area contributed by atoms with Gasteiger partial charge in [0.1, 0.15) is 17.5 Å². The molecule has 2 heterocycles. The molecule has 0 atom stereocenters. The third-order valence-electron chi connectivity index (χ3n) is 6.51. The van der Waals surface area contributed by atoms with Crippen LogP contribution in [0.4, 0.5) is 4.79 Å². The van der Waals surface area contributed by atoms with Gasteiger partial charge in [0.25, 0.3) is 5.56 Å². The van der Waals surface area contributed by atoms with E-state index in [9.17, 15) is 14.7 Å². The molecule has 5 rings (SSSR count). The van der Waals surface area contributed by atoms with Crippen molar-refractivity contribution in [2.45, 2.75) is 44.7 Å². The molecule has 2 aromatic carbocycles. The third-order valence-corrected chi connectivity index (χ3v) is 6.51. The number of hydrogen-bond donors (Lipinski definition) is 2. The summed E-state index contributed by atoms with van der Waals surface area (Å²) in [6, 6.07) is 17.4. The van der Waals surface area contributed by atoms with Crippen LogP contribution in [0, 0.1) is 0 Å². The minimum atomic E-state index is -1.02. The van der Waals surface area contributed by atoms with Crippen LogP contribution >= 0.6 is 0 Å². The Balaban J connectivity index is 1.68. The highest BCUT2D eigenvalue weighted by molar-refractivity contribution is 5.99. The second kappa shape index (κ2) is 7.92. The van der Waals surface area contributed by atoms with Crippen LogP contribution < -0.4 is 10.9 Å². The van der Waals surface area contributed by atoms with Gasteiger partial charge in [-0.2, -0.15) is 0 Å². The Morgan fingerprint density at radius 3 is 2.36 bits per heavy atom. The Labute approximate surface area is 190 Å². The Hall–Kier alpha value is -3.87. The zero-order valence-corrected chi connectivity index (χ0v) is 18.5. The van der Waals surface area contributed by atoms with Gasteiger partial charge >= 0.3 is 6.09 Å². The lowest BCUT2D eigenvalue weighted by atomic mass is 9.72. The molecule has 1 aliphatic carbocycles. The van der Waals surface area contributed by atoms with Crippen molar-refractivity contribution in [2.75, 3.05) is 0 Å². The summed E-state index contributed by atoms with van der Waals surface area (Å²) in [4.78, 5) is 29.1. The first-order valence-corrected chi connectivity index (χ1v) is 11.1. The van der Waals surface area contributed by atoms with Crippen molar-refractivity contribution in [2.24, 2.45) is 0 Å². The van der Waals surface area contributed by atoms with Crippen LogP contribution in [0.1, 0.15) is 44.7 Å². The number of rotatable bonds is 5. The Morgan fingerprint density at radius 1 is 1.09 bits per heavy atom. The van der Waals surface area contributed by atoms with Gasteiger partial charge in [0.15, 0.2) is 0 Å². The van der Waals surface area contributed by atoms with E-state index in [1.54, 1.807) is 4.57 Å². The molecule has 7 heteroatoms. The summed E-state index contributed by atoms with van der Waals surface area (Å²) in [5.74, 6) is 0.572. The van der Waals surface area contributed by atoms with Gasteiger partial charge in [0, 0.05) is 17.2 Å². The van der Waals surface area contributed by atoms with Crippen LogP contribution in [-0.4, -0.2) is 20.8 Å². The van der Waals surface area contributed by atoms with E-state index in [0.717, 1.165) is 36.0 Å². The van der Waals surface area contributed by atoms with Gasteiger partial charge in [-0.05, 0) is 44.2 Å². The van der Waals surface area contributed by atoms with E-state index in [0.29, 0.717) is 22.4 Å². The Bertz CT molecular complexity index is 1380. The van der Waals surface area contributed by atoms with Gasteiger partial charge in [-0.25, -0.2) is 9.78 Å². The molecule has 0 saturated heterocycles. The van der Waals surface area contributed by atoms with E-state index in [4.69, 9.17) is 4.42 Å². The highest BCUT2D eigenvalue weighted by Crippen LogP contribution is 2.43. The fourth-order valence-corrected chi connectivity index (χ4v) is 4.62. The zero-order valence-electron chi connectivity index (χ0n) is 18.5. The van der Waals surface area contributed by atoms with Crippen LogP contribution in [0.5, 0.6) is 0 Å². The molecule has 1 aliphatic rings. The number of aromatic nitrogens is 2. The molecular weight excluding hydrogens is 418 g/mol. The summed E-state index contributed by atoms with van der Waals surface area (Å²) in [7, 11) is 0. The maximum Gasteiger partial charge on any atom is 0.405 e. The normalized spacial score (nSPS) is 14.9. The SMILES string of the molecule is CC(C)n1cnc2oc(-c3ccc(C4(NC(=O)O)CCC4)cc3)c(-c3ccccc3)c2c1=O. The highest BCUT2D eigenvalue weighted by atomic mass is 16.4. The molecule has 2 aromatic heterocycles. The molecule has 1 amide bonds. The second-order valence-corrected chi connectivity index (χ2v) is 8.85. The molecule has 2 N–H and O–H groups in total. The maximum atomic E-state index is 13.3. The summed E-state index contributed by atoms with van der Waals surface area (Å²) in [5, 5.41) is 12.4. The smallest absolute Gasteiger partial charge is 0.405 e. The van der Waals surface area contributed by atoms with E-state index in [1.165, 1.54) is 6.33 Å². The van der Waals surface area contributed by atoms with Crippen LogP contribution in [0.2, 0.25) is 0 Å². The molecule has 0 unspecified atom stereocenters. The lowest BCUT2D eigenvalue weighted by Gasteiger charge is -2.42. The number of carbonyl (C=O) groups is 1. The summed E-state index contributed by atoms with van der Waals surface area (Å²) < 4.78 is 7.76. The lowest BCUT2D eigenvalue weighted by molar-refractivity contribution is 0.144. The number of nitrogens with zero attached hydrogens (tertiary/aromatic N) is 2. The van der Waals surface area contributed by atoms with E-state index in [1.807, 2.05) is 68.4 Å². The second-order valence-electron chi connectivity index (χ2n) is 8.85. The molecule has 4 aromatic rings.